The van der Waals surface area contributed by atoms with Crippen molar-refractivity contribution in [2.45, 2.75) is 45.1 Å². The summed E-state index contributed by atoms with van der Waals surface area (Å²) in [7, 11) is 0. The summed E-state index contributed by atoms with van der Waals surface area (Å²) in [6.07, 6.45) is 8.32. The fraction of sp³-hybridized carbons (Fsp3) is 0.800. The molecule has 0 heterocycles. The highest BCUT2D eigenvalue weighted by molar-refractivity contribution is 4.83. The van der Waals surface area contributed by atoms with Crippen LogP contribution in [0.1, 0.15) is 39.0 Å². The van der Waals surface area contributed by atoms with Crippen LogP contribution in [0, 0.1) is 0 Å². The maximum absolute atomic E-state index is 9.37. The van der Waals surface area contributed by atoms with Gasteiger partial charge in [-0.2, -0.15) is 0 Å². The van der Waals surface area contributed by atoms with Gasteiger partial charge in [0.1, 0.15) is 0 Å². The molecule has 2 nitrogen and oxygen atoms in total. The summed E-state index contributed by atoms with van der Waals surface area (Å²) in [6.45, 7) is 2.22. The van der Waals surface area contributed by atoms with Crippen molar-refractivity contribution < 1.29 is 10.2 Å². The lowest BCUT2D eigenvalue weighted by molar-refractivity contribution is 0.164. The predicted octanol–water partition coefficient (Wildman–Crippen LogP) is 1.87. The second-order valence-corrected chi connectivity index (χ2v) is 3.04. The fourth-order valence-corrected chi connectivity index (χ4v) is 1.08. The Morgan fingerprint density at radius 1 is 1.25 bits per heavy atom. The Morgan fingerprint density at radius 2 is 2.00 bits per heavy atom. The van der Waals surface area contributed by atoms with Crippen molar-refractivity contribution in [2.75, 3.05) is 6.61 Å². The van der Waals surface area contributed by atoms with Crippen molar-refractivity contribution in [2.24, 2.45) is 0 Å². The van der Waals surface area contributed by atoms with E-state index in [1.165, 1.54) is 12.8 Å². The van der Waals surface area contributed by atoms with E-state index in [-0.39, 0.29) is 12.7 Å². The average Bonchev–Trinajstić information content (AvgIpc) is 2.06. The van der Waals surface area contributed by atoms with Crippen LogP contribution in [-0.4, -0.2) is 22.9 Å². The molecule has 0 amide bonds. The van der Waals surface area contributed by atoms with Crippen molar-refractivity contribution in [1.29, 1.82) is 0 Å². The highest BCUT2D eigenvalue weighted by Crippen LogP contribution is 2.06. The molecule has 1 atom stereocenters. The number of aliphatic hydroxyl groups is 2. The van der Waals surface area contributed by atoms with E-state index in [0.717, 1.165) is 12.8 Å². The zero-order valence-corrected chi connectivity index (χ0v) is 7.87. The van der Waals surface area contributed by atoms with Crippen LogP contribution in [-0.2, 0) is 0 Å². The highest BCUT2D eigenvalue weighted by atomic mass is 16.3. The van der Waals surface area contributed by atoms with Crippen molar-refractivity contribution in [1.82, 2.24) is 0 Å². The first-order valence-electron chi connectivity index (χ1n) is 4.75. The minimum absolute atomic E-state index is 0.0711. The summed E-state index contributed by atoms with van der Waals surface area (Å²) in [4.78, 5) is 0. The van der Waals surface area contributed by atoms with E-state index in [1.807, 2.05) is 6.08 Å². The topological polar surface area (TPSA) is 40.5 Å². The minimum atomic E-state index is -0.223. The Morgan fingerprint density at radius 3 is 2.58 bits per heavy atom. The molecular weight excluding hydrogens is 152 g/mol. The predicted molar refractivity (Wildman–Crippen MR) is 51.0 cm³/mol. The normalized spacial score (nSPS) is 13.9. The van der Waals surface area contributed by atoms with Gasteiger partial charge < -0.3 is 10.2 Å². The SMILES string of the molecule is CCCCC[C@H](O)C/C=C\CO. The molecular formula is C10H20O2. The second kappa shape index (κ2) is 8.75. The lowest BCUT2D eigenvalue weighted by Gasteiger charge is -2.06. The zero-order valence-electron chi connectivity index (χ0n) is 7.87. The van der Waals surface area contributed by atoms with Crippen LogP contribution in [0.3, 0.4) is 0 Å². The number of hydrogen-bond donors (Lipinski definition) is 2. The summed E-state index contributed by atoms with van der Waals surface area (Å²) in [6, 6.07) is 0. The monoisotopic (exact) mass is 172 g/mol. The van der Waals surface area contributed by atoms with Crippen LogP contribution < -0.4 is 0 Å². The maximum Gasteiger partial charge on any atom is 0.0612 e. The third kappa shape index (κ3) is 7.76. The van der Waals surface area contributed by atoms with Crippen LogP contribution in [0.15, 0.2) is 12.2 Å². The molecule has 0 unspecified atom stereocenters. The van der Waals surface area contributed by atoms with Gasteiger partial charge in [0.2, 0.25) is 0 Å². The fourth-order valence-electron chi connectivity index (χ4n) is 1.08. The number of rotatable bonds is 7. The molecule has 0 aliphatic rings. The van der Waals surface area contributed by atoms with E-state index >= 15 is 0 Å². The molecule has 0 saturated carbocycles. The van der Waals surface area contributed by atoms with Gasteiger partial charge in [0.25, 0.3) is 0 Å². The maximum atomic E-state index is 9.37. The first-order chi connectivity index (χ1) is 5.81. The highest BCUT2D eigenvalue weighted by Gasteiger charge is 1.99. The number of unbranched alkanes of at least 4 members (excludes halogenated alkanes) is 2. The second-order valence-electron chi connectivity index (χ2n) is 3.04. The summed E-state index contributed by atoms with van der Waals surface area (Å²) in [5, 5.41) is 17.8. The lowest BCUT2D eigenvalue weighted by Crippen LogP contribution is -2.04. The molecule has 12 heavy (non-hydrogen) atoms. The number of aliphatic hydroxyl groups excluding tert-OH is 2. The molecule has 0 aliphatic carbocycles. The Balaban J connectivity index is 3.21. The van der Waals surface area contributed by atoms with Crippen molar-refractivity contribution in [3.8, 4) is 0 Å². The summed E-state index contributed by atoms with van der Waals surface area (Å²) in [5.74, 6) is 0. The van der Waals surface area contributed by atoms with E-state index in [1.54, 1.807) is 6.08 Å². The zero-order chi connectivity index (χ0) is 9.23. The number of hydrogen-bond acceptors (Lipinski definition) is 2. The van der Waals surface area contributed by atoms with Gasteiger partial charge in [-0.3, -0.25) is 0 Å². The van der Waals surface area contributed by atoms with Crippen molar-refractivity contribution in [3.05, 3.63) is 12.2 Å². The van der Waals surface area contributed by atoms with Gasteiger partial charge in [0.15, 0.2) is 0 Å². The summed E-state index contributed by atoms with van der Waals surface area (Å²) < 4.78 is 0. The molecule has 0 aromatic carbocycles. The average molecular weight is 172 g/mol. The molecule has 2 heteroatoms. The first kappa shape index (κ1) is 11.7. The van der Waals surface area contributed by atoms with Gasteiger partial charge >= 0.3 is 0 Å². The van der Waals surface area contributed by atoms with Crippen LogP contribution in [0.2, 0.25) is 0 Å². The van der Waals surface area contributed by atoms with Crippen LogP contribution in [0.25, 0.3) is 0 Å². The molecule has 0 aromatic heterocycles. The summed E-state index contributed by atoms with van der Waals surface area (Å²) in [5.41, 5.74) is 0. The Kier molecular flexibility index (Phi) is 8.51. The summed E-state index contributed by atoms with van der Waals surface area (Å²) >= 11 is 0. The van der Waals surface area contributed by atoms with E-state index in [2.05, 4.69) is 6.92 Å². The first-order valence-corrected chi connectivity index (χ1v) is 4.75. The van der Waals surface area contributed by atoms with E-state index < -0.39 is 0 Å². The molecule has 0 fully saturated rings. The van der Waals surface area contributed by atoms with Gasteiger partial charge in [-0.1, -0.05) is 38.3 Å². The van der Waals surface area contributed by atoms with Crippen LogP contribution in [0.4, 0.5) is 0 Å². The van der Waals surface area contributed by atoms with Gasteiger partial charge in [-0.05, 0) is 12.8 Å². The van der Waals surface area contributed by atoms with E-state index in [9.17, 15) is 5.11 Å². The van der Waals surface area contributed by atoms with Crippen LogP contribution >= 0.6 is 0 Å². The Hall–Kier alpha value is -0.340. The van der Waals surface area contributed by atoms with Gasteiger partial charge in [0.05, 0.1) is 12.7 Å². The molecule has 0 spiro atoms. The third-order valence-corrected chi connectivity index (χ3v) is 1.82. The molecule has 0 aliphatic heterocycles. The standard InChI is InChI=1S/C10H20O2/c1-2-3-4-7-10(12)8-5-6-9-11/h5-6,10-12H,2-4,7-9H2,1H3/b6-5-/t10-/m0/s1. The lowest BCUT2D eigenvalue weighted by atomic mass is 10.1. The van der Waals surface area contributed by atoms with E-state index in [4.69, 9.17) is 5.11 Å². The third-order valence-electron chi connectivity index (χ3n) is 1.82. The van der Waals surface area contributed by atoms with Gasteiger partial charge in [-0.15, -0.1) is 0 Å². The molecule has 0 saturated heterocycles. The molecule has 0 radical (unpaired) electrons. The molecule has 0 rings (SSSR count). The molecule has 2 N–H and O–H groups in total. The van der Waals surface area contributed by atoms with Gasteiger partial charge in [-0.25, -0.2) is 0 Å². The Bertz CT molecular complexity index is 110. The molecule has 0 bridgehead atoms. The van der Waals surface area contributed by atoms with Crippen molar-refractivity contribution in [3.63, 3.8) is 0 Å². The molecule has 0 aromatic rings. The minimum Gasteiger partial charge on any atom is -0.393 e. The molecule has 72 valence electrons. The van der Waals surface area contributed by atoms with Gasteiger partial charge in [0, 0.05) is 0 Å². The van der Waals surface area contributed by atoms with Crippen LogP contribution in [0.5, 0.6) is 0 Å². The van der Waals surface area contributed by atoms with E-state index in [0.29, 0.717) is 6.42 Å². The quantitative estimate of drug-likeness (QED) is 0.454. The smallest absolute Gasteiger partial charge is 0.0612 e. The largest absolute Gasteiger partial charge is 0.393 e. The van der Waals surface area contributed by atoms with Crippen molar-refractivity contribution >= 4 is 0 Å². The Labute approximate surface area is 74.9 Å².